The maximum atomic E-state index is 12.3. The molecule has 0 radical (unpaired) electrons. The fourth-order valence-electron chi connectivity index (χ4n) is 2.37. The van der Waals surface area contributed by atoms with Gasteiger partial charge in [-0.15, -0.1) is 0 Å². The molecule has 0 aliphatic carbocycles. The highest BCUT2D eigenvalue weighted by Crippen LogP contribution is 2.38. The lowest BCUT2D eigenvalue weighted by molar-refractivity contribution is -0.115. The largest absolute Gasteiger partial charge is 0.495 e. The summed E-state index contributed by atoms with van der Waals surface area (Å²) in [7, 11) is 6.17. The number of amides is 1. The number of benzene rings is 2. The Kier molecular flexibility index (Phi) is 5.89. The molecule has 0 unspecified atom stereocenters. The minimum absolute atomic E-state index is 0.161. The van der Waals surface area contributed by atoms with E-state index in [1.165, 1.54) is 21.3 Å². The van der Waals surface area contributed by atoms with Crippen LogP contribution in [0.5, 0.6) is 23.0 Å². The van der Waals surface area contributed by atoms with Gasteiger partial charge in [-0.2, -0.15) is 0 Å². The number of ether oxygens (including phenoxy) is 4. The van der Waals surface area contributed by atoms with Crippen molar-refractivity contribution in [1.82, 2.24) is 0 Å². The zero-order valence-electron chi connectivity index (χ0n) is 14.2. The summed E-state index contributed by atoms with van der Waals surface area (Å²) in [5.41, 5.74) is 1.37. The van der Waals surface area contributed by atoms with Crippen molar-refractivity contribution >= 4 is 11.6 Å². The first-order valence-corrected chi connectivity index (χ1v) is 7.34. The SMILES string of the molecule is COc1ccccc1NC(=O)Cc1cc(OC)c(OC)c(OC)c1. The van der Waals surface area contributed by atoms with Crippen LogP contribution in [-0.2, 0) is 11.2 Å². The second-order valence-corrected chi connectivity index (χ2v) is 4.96. The Morgan fingerprint density at radius 3 is 2.00 bits per heavy atom. The van der Waals surface area contributed by atoms with Gasteiger partial charge in [0.1, 0.15) is 5.75 Å². The molecule has 1 amide bonds. The molecule has 128 valence electrons. The van der Waals surface area contributed by atoms with Crippen LogP contribution in [0.25, 0.3) is 0 Å². The van der Waals surface area contributed by atoms with E-state index in [9.17, 15) is 4.79 Å². The van der Waals surface area contributed by atoms with Gasteiger partial charge in [-0.1, -0.05) is 12.1 Å². The van der Waals surface area contributed by atoms with Crippen molar-refractivity contribution in [2.75, 3.05) is 33.8 Å². The fraction of sp³-hybridized carbons (Fsp3) is 0.278. The smallest absolute Gasteiger partial charge is 0.228 e. The molecule has 0 heterocycles. The van der Waals surface area contributed by atoms with Crippen LogP contribution in [0.3, 0.4) is 0 Å². The molecule has 0 aliphatic heterocycles. The highest BCUT2D eigenvalue weighted by molar-refractivity contribution is 5.93. The molecular weight excluding hydrogens is 310 g/mol. The zero-order chi connectivity index (χ0) is 17.5. The van der Waals surface area contributed by atoms with Crippen molar-refractivity contribution in [3.05, 3.63) is 42.0 Å². The zero-order valence-corrected chi connectivity index (χ0v) is 14.2. The third-order valence-corrected chi connectivity index (χ3v) is 3.47. The first-order chi connectivity index (χ1) is 11.6. The highest BCUT2D eigenvalue weighted by atomic mass is 16.5. The lowest BCUT2D eigenvalue weighted by Gasteiger charge is -2.14. The molecular formula is C18H21NO5. The predicted octanol–water partition coefficient (Wildman–Crippen LogP) is 2.90. The van der Waals surface area contributed by atoms with Gasteiger partial charge in [-0.05, 0) is 29.8 Å². The standard InChI is InChI=1S/C18H21NO5/c1-21-14-8-6-5-7-13(14)19-17(20)11-12-9-15(22-2)18(24-4)16(10-12)23-3/h5-10H,11H2,1-4H3,(H,19,20). The number of hydrogen-bond acceptors (Lipinski definition) is 5. The monoisotopic (exact) mass is 331 g/mol. The van der Waals surface area contributed by atoms with Crippen LogP contribution in [-0.4, -0.2) is 34.3 Å². The summed E-state index contributed by atoms with van der Waals surface area (Å²) in [6.07, 6.45) is 0.161. The summed E-state index contributed by atoms with van der Waals surface area (Å²) in [6, 6.07) is 10.7. The number of nitrogens with one attached hydrogen (secondary N) is 1. The van der Waals surface area contributed by atoms with Gasteiger partial charge in [0.15, 0.2) is 11.5 Å². The molecule has 2 aromatic carbocycles. The molecule has 0 aliphatic rings. The van der Waals surface area contributed by atoms with Crippen molar-refractivity contribution in [1.29, 1.82) is 0 Å². The lowest BCUT2D eigenvalue weighted by atomic mass is 10.1. The van der Waals surface area contributed by atoms with Crippen molar-refractivity contribution in [3.63, 3.8) is 0 Å². The number of para-hydroxylation sites is 2. The van der Waals surface area contributed by atoms with E-state index < -0.39 is 0 Å². The molecule has 24 heavy (non-hydrogen) atoms. The average Bonchev–Trinajstić information content (AvgIpc) is 2.61. The Morgan fingerprint density at radius 2 is 1.46 bits per heavy atom. The molecule has 1 N–H and O–H groups in total. The molecule has 0 aromatic heterocycles. The minimum atomic E-state index is -0.172. The average molecular weight is 331 g/mol. The Balaban J connectivity index is 2.19. The van der Waals surface area contributed by atoms with Crippen LogP contribution in [0.4, 0.5) is 5.69 Å². The molecule has 2 rings (SSSR count). The van der Waals surface area contributed by atoms with Crippen molar-refractivity contribution in [2.45, 2.75) is 6.42 Å². The van der Waals surface area contributed by atoms with Crippen LogP contribution in [0.2, 0.25) is 0 Å². The molecule has 0 bridgehead atoms. The third kappa shape index (κ3) is 3.90. The van der Waals surface area contributed by atoms with E-state index in [-0.39, 0.29) is 12.3 Å². The topological polar surface area (TPSA) is 66.0 Å². The van der Waals surface area contributed by atoms with E-state index in [0.717, 1.165) is 5.56 Å². The van der Waals surface area contributed by atoms with Gasteiger partial charge in [-0.3, -0.25) is 4.79 Å². The number of methoxy groups -OCH3 is 4. The second-order valence-electron chi connectivity index (χ2n) is 4.96. The number of carbonyl (C=O) groups is 1. The molecule has 0 saturated carbocycles. The summed E-state index contributed by atoms with van der Waals surface area (Å²) in [5.74, 6) is 1.95. The van der Waals surface area contributed by atoms with Gasteiger partial charge < -0.3 is 24.3 Å². The normalized spacial score (nSPS) is 10.0. The first kappa shape index (κ1) is 17.5. The summed E-state index contributed by atoms with van der Waals surface area (Å²) in [6.45, 7) is 0. The van der Waals surface area contributed by atoms with Crippen molar-refractivity contribution in [2.24, 2.45) is 0 Å². The van der Waals surface area contributed by atoms with E-state index in [2.05, 4.69) is 5.32 Å². The van der Waals surface area contributed by atoms with E-state index in [4.69, 9.17) is 18.9 Å². The van der Waals surface area contributed by atoms with Gasteiger partial charge in [0.05, 0.1) is 40.5 Å². The second kappa shape index (κ2) is 8.10. The maximum Gasteiger partial charge on any atom is 0.228 e. The van der Waals surface area contributed by atoms with Gasteiger partial charge >= 0.3 is 0 Å². The number of rotatable bonds is 7. The summed E-state index contributed by atoms with van der Waals surface area (Å²) >= 11 is 0. The fourth-order valence-corrected chi connectivity index (χ4v) is 2.37. The molecule has 0 atom stereocenters. The summed E-state index contributed by atoms with van der Waals surface area (Å²) in [4.78, 5) is 12.3. The Labute approximate surface area is 141 Å². The van der Waals surface area contributed by atoms with Crippen LogP contribution >= 0.6 is 0 Å². The van der Waals surface area contributed by atoms with Crippen LogP contribution in [0, 0.1) is 0 Å². The van der Waals surface area contributed by atoms with E-state index in [0.29, 0.717) is 28.7 Å². The van der Waals surface area contributed by atoms with E-state index >= 15 is 0 Å². The van der Waals surface area contributed by atoms with Gasteiger partial charge in [0.25, 0.3) is 0 Å². The minimum Gasteiger partial charge on any atom is -0.495 e. The number of hydrogen-bond donors (Lipinski definition) is 1. The first-order valence-electron chi connectivity index (χ1n) is 7.34. The molecule has 6 heteroatoms. The summed E-state index contributed by atoms with van der Waals surface area (Å²) in [5, 5.41) is 2.84. The molecule has 2 aromatic rings. The summed E-state index contributed by atoms with van der Waals surface area (Å²) < 4.78 is 21.1. The van der Waals surface area contributed by atoms with Gasteiger partial charge in [0, 0.05) is 0 Å². The number of carbonyl (C=O) groups excluding carboxylic acids is 1. The Hall–Kier alpha value is -2.89. The predicted molar refractivity (Wildman–Crippen MR) is 91.4 cm³/mol. The Morgan fingerprint density at radius 1 is 0.875 bits per heavy atom. The number of anilines is 1. The van der Waals surface area contributed by atoms with Gasteiger partial charge in [0.2, 0.25) is 11.7 Å². The van der Waals surface area contributed by atoms with Crippen LogP contribution < -0.4 is 24.3 Å². The lowest BCUT2D eigenvalue weighted by Crippen LogP contribution is -2.15. The Bertz CT molecular complexity index is 689. The van der Waals surface area contributed by atoms with E-state index in [1.807, 2.05) is 12.1 Å². The maximum absolute atomic E-state index is 12.3. The van der Waals surface area contributed by atoms with Crippen LogP contribution in [0.15, 0.2) is 36.4 Å². The quantitative estimate of drug-likeness (QED) is 0.845. The molecule has 6 nitrogen and oxygen atoms in total. The molecule has 0 spiro atoms. The highest BCUT2D eigenvalue weighted by Gasteiger charge is 2.15. The van der Waals surface area contributed by atoms with E-state index in [1.54, 1.807) is 31.4 Å². The van der Waals surface area contributed by atoms with Crippen molar-refractivity contribution in [3.8, 4) is 23.0 Å². The van der Waals surface area contributed by atoms with Crippen molar-refractivity contribution < 1.29 is 23.7 Å². The molecule has 0 fully saturated rings. The van der Waals surface area contributed by atoms with Gasteiger partial charge in [-0.25, -0.2) is 0 Å². The molecule has 0 saturated heterocycles. The third-order valence-electron chi connectivity index (χ3n) is 3.47. The van der Waals surface area contributed by atoms with Crippen LogP contribution in [0.1, 0.15) is 5.56 Å².